The van der Waals surface area contributed by atoms with Crippen molar-refractivity contribution in [3.63, 3.8) is 0 Å². The van der Waals surface area contributed by atoms with Crippen LogP contribution in [0.15, 0.2) is 64.7 Å². The van der Waals surface area contributed by atoms with Crippen LogP contribution in [0.4, 0.5) is 10.5 Å². The number of alkyl carbamates (subject to hydrolysis) is 1. The Balaban J connectivity index is 2.44. The van der Waals surface area contributed by atoms with Gasteiger partial charge in [0.05, 0.1) is 23.1 Å². The number of benzene rings is 2. The number of nitrogens with one attached hydrogen (secondary N) is 1. The zero-order chi connectivity index (χ0) is 29.3. The van der Waals surface area contributed by atoms with Crippen molar-refractivity contribution in [1.82, 2.24) is 9.62 Å². The average molecular weight is 559 g/mol. The lowest BCUT2D eigenvalue weighted by molar-refractivity contribution is 0.0392. The molecule has 0 saturated heterocycles. The molecule has 2 atom stereocenters. The molecule has 0 saturated carbocycles. The summed E-state index contributed by atoms with van der Waals surface area (Å²) in [4.78, 5) is 23.6. The first-order valence-corrected chi connectivity index (χ1v) is 14.1. The third kappa shape index (κ3) is 10.4. The van der Waals surface area contributed by atoms with Gasteiger partial charge in [-0.1, -0.05) is 50.2 Å². The number of nitrogens with zero attached hydrogens (tertiary/aromatic N) is 3. The molecular weight excluding hydrogens is 520 g/mol. The second-order valence-corrected chi connectivity index (χ2v) is 13.2. The summed E-state index contributed by atoms with van der Waals surface area (Å²) >= 11 is 0. The van der Waals surface area contributed by atoms with Crippen molar-refractivity contribution in [1.29, 1.82) is 5.26 Å². The van der Waals surface area contributed by atoms with Crippen LogP contribution in [0.1, 0.15) is 53.0 Å². The maximum Gasteiger partial charge on any atom is 0.407 e. The Morgan fingerprint density at radius 1 is 1.13 bits per heavy atom. The summed E-state index contributed by atoms with van der Waals surface area (Å²) < 4.78 is 34.1. The van der Waals surface area contributed by atoms with Crippen molar-refractivity contribution in [3.05, 3.63) is 65.1 Å². The van der Waals surface area contributed by atoms with Crippen LogP contribution in [-0.4, -0.2) is 54.8 Å². The summed E-state index contributed by atoms with van der Waals surface area (Å²) in [5.41, 5.74) is -0.610. The second-order valence-electron chi connectivity index (χ2n) is 11.2. The normalized spacial score (nSPS) is 13.8. The van der Waals surface area contributed by atoms with E-state index in [1.807, 2.05) is 44.2 Å². The van der Waals surface area contributed by atoms with E-state index >= 15 is 0 Å². The number of aliphatic hydroxyl groups excluding tert-OH is 1. The lowest BCUT2D eigenvalue weighted by Crippen LogP contribution is -2.52. The lowest BCUT2D eigenvalue weighted by Gasteiger charge is -2.35. The number of rotatable bonds is 13. The summed E-state index contributed by atoms with van der Waals surface area (Å²) in [6, 6.07) is 15.7. The van der Waals surface area contributed by atoms with Gasteiger partial charge in [0.25, 0.3) is 0 Å². The first kappa shape index (κ1) is 31.9. The molecule has 2 N–H and O–H groups in total. The predicted molar refractivity (Wildman–Crippen MR) is 149 cm³/mol. The van der Waals surface area contributed by atoms with E-state index in [1.165, 1.54) is 24.3 Å². The van der Waals surface area contributed by atoms with E-state index in [0.29, 0.717) is 6.42 Å². The van der Waals surface area contributed by atoms with E-state index in [1.54, 1.807) is 20.8 Å². The van der Waals surface area contributed by atoms with Crippen molar-refractivity contribution in [3.8, 4) is 6.07 Å². The van der Waals surface area contributed by atoms with Crippen molar-refractivity contribution >= 4 is 21.8 Å². The molecule has 11 heteroatoms. The van der Waals surface area contributed by atoms with Crippen molar-refractivity contribution in [2.24, 2.45) is 10.6 Å². The van der Waals surface area contributed by atoms with E-state index in [-0.39, 0.29) is 36.5 Å². The Labute approximate surface area is 231 Å². The molecule has 0 heterocycles. The number of hydrogen-bond acceptors (Lipinski definition) is 8. The summed E-state index contributed by atoms with van der Waals surface area (Å²) in [6.45, 7) is 8.45. The predicted octanol–water partition coefficient (Wildman–Crippen LogP) is 4.90. The van der Waals surface area contributed by atoms with Gasteiger partial charge in [-0.15, -0.1) is 4.91 Å². The maximum atomic E-state index is 13.8. The third-order valence-corrected chi connectivity index (χ3v) is 7.74. The summed E-state index contributed by atoms with van der Waals surface area (Å²) in [5, 5.41) is 26.0. The summed E-state index contributed by atoms with van der Waals surface area (Å²) in [6.07, 6.45) is -1.20. The van der Waals surface area contributed by atoms with Crippen molar-refractivity contribution in [2.45, 2.75) is 76.5 Å². The van der Waals surface area contributed by atoms with Crippen LogP contribution in [0.25, 0.3) is 0 Å². The second kappa shape index (κ2) is 13.6. The fourth-order valence-electron chi connectivity index (χ4n) is 3.99. The van der Waals surface area contributed by atoms with Gasteiger partial charge in [-0.05, 0) is 68.0 Å². The van der Waals surface area contributed by atoms with E-state index in [2.05, 4.69) is 16.6 Å². The van der Waals surface area contributed by atoms with Gasteiger partial charge < -0.3 is 15.2 Å². The number of aliphatic hydroxyl groups is 1. The van der Waals surface area contributed by atoms with Crippen LogP contribution in [0, 0.1) is 21.7 Å². The third-order valence-electron chi connectivity index (χ3n) is 5.93. The topological polar surface area (TPSA) is 149 Å². The maximum absolute atomic E-state index is 13.8. The minimum Gasteiger partial charge on any atom is -0.444 e. The molecule has 0 radical (unpaired) electrons. The molecule has 0 unspecified atom stereocenters. The molecule has 2 aromatic carbocycles. The van der Waals surface area contributed by atoms with Gasteiger partial charge in [-0.25, -0.2) is 13.2 Å². The van der Waals surface area contributed by atoms with E-state index in [4.69, 9.17) is 10.00 Å². The molecule has 0 bridgehead atoms. The fraction of sp³-hybridized carbons (Fsp3) is 0.500. The van der Waals surface area contributed by atoms with Crippen LogP contribution >= 0.6 is 0 Å². The monoisotopic (exact) mass is 558 g/mol. The molecule has 0 aliphatic rings. The highest BCUT2D eigenvalue weighted by Gasteiger charge is 2.35. The minimum atomic E-state index is -4.20. The number of carbonyl (C=O) groups is 1. The molecule has 1 amide bonds. The van der Waals surface area contributed by atoms with Gasteiger partial charge >= 0.3 is 6.09 Å². The number of nitriles is 1. The van der Waals surface area contributed by atoms with E-state index in [9.17, 15) is 23.2 Å². The Morgan fingerprint density at radius 3 is 2.38 bits per heavy atom. The molecule has 0 aliphatic heterocycles. The molecule has 39 heavy (non-hydrogen) atoms. The van der Waals surface area contributed by atoms with Gasteiger partial charge in [0.2, 0.25) is 10.0 Å². The smallest absolute Gasteiger partial charge is 0.407 e. The van der Waals surface area contributed by atoms with Gasteiger partial charge in [-0.2, -0.15) is 9.57 Å². The number of sulfonamides is 1. The quantitative estimate of drug-likeness (QED) is 0.332. The number of hydrogen-bond donors (Lipinski definition) is 2. The standard InChI is InChI=1S/C28H38N4O6S/c1-27(2,3)38-26(34)30-24(17-21-11-7-6-8-12-21)25(33)19-32(20-28(4,5)15-10-16-29)39(36,37)23-14-9-13-22(18-23)31-35/h6-9,11-14,18,24-25,33H,10,15,17,19-20H2,1-5H3,(H,30,34)/t24-,25+/m0/s1. The van der Waals surface area contributed by atoms with E-state index in [0.717, 1.165) is 9.87 Å². The highest BCUT2D eigenvalue weighted by Crippen LogP contribution is 2.29. The zero-order valence-corrected chi connectivity index (χ0v) is 23.9. The number of ether oxygens (including phenoxy) is 1. The fourth-order valence-corrected chi connectivity index (χ4v) is 5.68. The zero-order valence-electron chi connectivity index (χ0n) is 23.1. The van der Waals surface area contributed by atoms with E-state index < -0.39 is 39.3 Å². The summed E-state index contributed by atoms with van der Waals surface area (Å²) in [7, 11) is -4.20. The van der Waals surface area contributed by atoms with Crippen LogP contribution in [0.2, 0.25) is 0 Å². The largest absolute Gasteiger partial charge is 0.444 e. The highest BCUT2D eigenvalue weighted by atomic mass is 32.2. The van der Waals surface area contributed by atoms with Crippen LogP contribution in [-0.2, 0) is 21.2 Å². The van der Waals surface area contributed by atoms with Crippen molar-refractivity contribution in [2.75, 3.05) is 13.1 Å². The van der Waals surface area contributed by atoms with Crippen LogP contribution < -0.4 is 5.32 Å². The van der Waals surface area contributed by atoms with Gasteiger partial charge in [0, 0.05) is 19.5 Å². The molecule has 0 fully saturated rings. The Morgan fingerprint density at radius 2 is 1.79 bits per heavy atom. The van der Waals surface area contributed by atoms with Gasteiger partial charge in [-0.3, -0.25) is 0 Å². The molecule has 0 spiro atoms. The molecule has 2 rings (SSSR count). The average Bonchev–Trinajstić information content (AvgIpc) is 2.86. The van der Waals surface area contributed by atoms with Gasteiger partial charge in [0.1, 0.15) is 11.3 Å². The SMILES string of the molecule is CC(C)(CCC#N)CN(C[C@@H](O)[C@H](Cc1ccccc1)NC(=O)OC(C)(C)C)S(=O)(=O)c1cccc(N=O)c1. The highest BCUT2D eigenvalue weighted by molar-refractivity contribution is 7.89. The Hall–Kier alpha value is -3.33. The first-order chi connectivity index (χ1) is 18.2. The molecule has 10 nitrogen and oxygen atoms in total. The Bertz CT molecular complexity index is 1250. The van der Waals surface area contributed by atoms with Gasteiger partial charge in [0.15, 0.2) is 0 Å². The van der Waals surface area contributed by atoms with Crippen LogP contribution in [0.3, 0.4) is 0 Å². The summed E-state index contributed by atoms with van der Waals surface area (Å²) in [5.74, 6) is 0. The molecule has 0 aliphatic carbocycles. The van der Waals surface area contributed by atoms with Crippen molar-refractivity contribution < 1.29 is 23.1 Å². The number of amides is 1. The van der Waals surface area contributed by atoms with Crippen LogP contribution in [0.5, 0.6) is 0 Å². The minimum absolute atomic E-state index is 0.0166. The lowest BCUT2D eigenvalue weighted by atomic mass is 9.88. The number of carbonyl (C=O) groups excluding carboxylic acids is 1. The number of nitroso groups, excluding NO2 is 1. The molecular formula is C28H38N4O6S. The molecule has 0 aromatic heterocycles. The Kier molecular flexibility index (Phi) is 11.2. The first-order valence-electron chi connectivity index (χ1n) is 12.7. The molecule has 212 valence electrons. The molecule has 2 aromatic rings.